The molecular formula is C15H8F6N2S. The SMILES string of the molecule is Nc1nc2ccc(-c3cc(C(F)(F)F)cc(C(F)(F)F)c3)cc2s1. The number of nitrogens with zero attached hydrogens (tertiary/aromatic N) is 1. The van der Waals surface area contributed by atoms with E-state index in [4.69, 9.17) is 5.73 Å². The van der Waals surface area contributed by atoms with Gasteiger partial charge in [0.2, 0.25) is 0 Å². The van der Waals surface area contributed by atoms with E-state index >= 15 is 0 Å². The zero-order chi connectivity index (χ0) is 17.7. The lowest BCUT2D eigenvalue weighted by atomic mass is 9.99. The number of rotatable bonds is 1. The maximum atomic E-state index is 12.9. The maximum Gasteiger partial charge on any atom is 0.416 e. The first-order valence-electron chi connectivity index (χ1n) is 6.50. The molecule has 0 unspecified atom stereocenters. The third kappa shape index (κ3) is 3.16. The first-order valence-corrected chi connectivity index (χ1v) is 7.31. The molecule has 1 aromatic heterocycles. The fraction of sp³-hybridized carbons (Fsp3) is 0.133. The van der Waals surface area contributed by atoms with Gasteiger partial charge < -0.3 is 5.73 Å². The van der Waals surface area contributed by atoms with Crippen LogP contribution in [0, 0.1) is 0 Å². The van der Waals surface area contributed by atoms with E-state index < -0.39 is 23.5 Å². The number of nitrogen functional groups attached to an aromatic ring is 1. The minimum atomic E-state index is -4.88. The van der Waals surface area contributed by atoms with Gasteiger partial charge in [-0.25, -0.2) is 4.98 Å². The van der Waals surface area contributed by atoms with E-state index in [0.717, 1.165) is 11.3 Å². The topological polar surface area (TPSA) is 38.9 Å². The standard InChI is InChI=1S/C15H8F6N2S/c16-14(17,18)9-3-8(4-10(6-9)15(19,20)21)7-1-2-11-12(5-7)24-13(22)23-11/h1-6H,(H2,22,23). The highest BCUT2D eigenvalue weighted by molar-refractivity contribution is 7.22. The molecule has 2 N–H and O–H groups in total. The first kappa shape index (κ1) is 16.6. The molecule has 0 fully saturated rings. The second-order valence-electron chi connectivity index (χ2n) is 5.03. The van der Waals surface area contributed by atoms with Gasteiger partial charge in [0.25, 0.3) is 0 Å². The predicted molar refractivity (Wildman–Crippen MR) is 79.5 cm³/mol. The van der Waals surface area contributed by atoms with E-state index in [-0.39, 0.29) is 22.3 Å². The Balaban J connectivity index is 2.20. The lowest BCUT2D eigenvalue weighted by Crippen LogP contribution is -2.11. The van der Waals surface area contributed by atoms with Crippen molar-refractivity contribution in [3.63, 3.8) is 0 Å². The van der Waals surface area contributed by atoms with Gasteiger partial charge in [0.05, 0.1) is 21.3 Å². The number of hydrogen-bond donors (Lipinski definition) is 1. The average Bonchev–Trinajstić information content (AvgIpc) is 2.84. The summed E-state index contributed by atoms with van der Waals surface area (Å²) in [5.41, 5.74) is 3.43. The quantitative estimate of drug-likeness (QED) is 0.574. The third-order valence-electron chi connectivity index (χ3n) is 3.33. The summed E-state index contributed by atoms with van der Waals surface area (Å²) in [4.78, 5) is 4.00. The third-order valence-corrected chi connectivity index (χ3v) is 4.17. The molecule has 3 aromatic rings. The Hall–Kier alpha value is -2.29. The van der Waals surface area contributed by atoms with Crippen LogP contribution in [0.3, 0.4) is 0 Å². The summed E-state index contributed by atoms with van der Waals surface area (Å²) in [6.45, 7) is 0. The van der Waals surface area contributed by atoms with Crippen LogP contribution in [-0.4, -0.2) is 4.98 Å². The number of thiazole rings is 1. The summed E-state index contributed by atoms with van der Waals surface area (Å²) >= 11 is 1.10. The molecule has 0 spiro atoms. The number of alkyl halides is 6. The van der Waals surface area contributed by atoms with E-state index in [0.29, 0.717) is 22.3 Å². The normalized spacial score (nSPS) is 12.8. The van der Waals surface area contributed by atoms with Gasteiger partial charge in [0.1, 0.15) is 0 Å². The van der Waals surface area contributed by atoms with Crippen LogP contribution in [0.1, 0.15) is 11.1 Å². The second kappa shape index (κ2) is 5.37. The van der Waals surface area contributed by atoms with Crippen LogP contribution in [-0.2, 0) is 12.4 Å². The molecule has 0 saturated carbocycles. The lowest BCUT2D eigenvalue weighted by Gasteiger charge is -2.14. The minimum Gasteiger partial charge on any atom is -0.375 e. The molecule has 3 rings (SSSR count). The Morgan fingerprint density at radius 3 is 1.92 bits per heavy atom. The molecule has 0 aliphatic rings. The van der Waals surface area contributed by atoms with Crippen molar-refractivity contribution in [2.24, 2.45) is 0 Å². The summed E-state index contributed by atoms with van der Waals surface area (Å²) in [7, 11) is 0. The predicted octanol–water partition coefficient (Wildman–Crippen LogP) is 5.58. The van der Waals surface area contributed by atoms with Crippen molar-refractivity contribution in [1.29, 1.82) is 0 Å². The Labute approximate surface area is 135 Å². The molecule has 0 bridgehead atoms. The van der Waals surface area contributed by atoms with Crippen molar-refractivity contribution in [3.05, 3.63) is 47.5 Å². The van der Waals surface area contributed by atoms with Crippen molar-refractivity contribution in [2.75, 3.05) is 5.73 Å². The molecule has 0 aliphatic carbocycles. The number of fused-ring (bicyclic) bond motifs is 1. The van der Waals surface area contributed by atoms with Gasteiger partial charge in [-0.1, -0.05) is 17.4 Å². The van der Waals surface area contributed by atoms with E-state index in [1.807, 2.05) is 0 Å². The number of hydrogen-bond acceptors (Lipinski definition) is 3. The molecule has 0 atom stereocenters. The summed E-state index contributed by atoms with van der Waals surface area (Å²) in [5.74, 6) is 0. The highest BCUT2D eigenvalue weighted by Gasteiger charge is 2.37. The smallest absolute Gasteiger partial charge is 0.375 e. The van der Waals surface area contributed by atoms with E-state index in [1.165, 1.54) is 18.2 Å². The molecule has 9 heteroatoms. The van der Waals surface area contributed by atoms with Crippen LogP contribution in [0.5, 0.6) is 0 Å². The summed E-state index contributed by atoms with van der Waals surface area (Å²) in [5, 5.41) is 0.266. The van der Waals surface area contributed by atoms with Gasteiger partial charge in [-0.2, -0.15) is 26.3 Å². The first-order chi connectivity index (χ1) is 11.0. The van der Waals surface area contributed by atoms with Crippen molar-refractivity contribution in [1.82, 2.24) is 4.98 Å². The fourth-order valence-corrected chi connectivity index (χ4v) is 3.02. The molecular weight excluding hydrogens is 354 g/mol. The van der Waals surface area contributed by atoms with Crippen molar-refractivity contribution < 1.29 is 26.3 Å². The van der Waals surface area contributed by atoms with Crippen LogP contribution in [0.4, 0.5) is 31.5 Å². The van der Waals surface area contributed by atoms with Crippen molar-refractivity contribution >= 4 is 26.7 Å². The molecule has 2 nitrogen and oxygen atoms in total. The maximum absolute atomic E-state index is 12.9. The second-order valence-corrected chi connectivity index (χ2v) is 6.09. The van der Waals surface area contributed by atoms with Crippen molar-refractivity contribution in [2.45, 2.75) is 12.4 Å². The molecule has 0 saturated heterocycles. The Morgan fingerprint density at radius 2 is 1.38 bits per heavy atom. The molecule has 126 valence electrons. The van der Waals surface area contributed by atoms with Gasteiger partial charge in [-0.15, -0.1) is 0 Å². The van der Waals surface area contributed by atoms with Gasteiger partial charge in [-0.05, 0) is 41.5 Å². The molecule has 24 heavy (non-hydrogen) atoms. The monoisotopic (exact) mass is 362 g/mol. The van der Waals surface area contributed by atoms with Gasteiger partial charge in [0.15, 0.2) is 5.13 Å². The molecule has 0 radical (unpaired) electrons. The number of nitrogens with two attached hydrogens (primary N) is 1. The zero-order valence-corrected chi connectivity index (χ0v) is 12.5. The summed E-state index contributed by atoms with van der Waals surface area (Å²) < 4.78 is 78.1. The highest BCUT2D eigenvalue weighted by Crippen LogP contribution is 2.39. The minimum absolute atomic E-state index is 0.104. The van der Waals surface area contributed by atoms with Crippen LogP contribution >= 0.6 is 11.3 Å². The van der Waals surface area contributed by atoms with E-state index in [2.05, 4.69) is 4.98 Å². The van der Waals surface area contributed by atoms with Crippen molar-refractivity contribution in [3.8, 4) is 11.1 Å². The molecule has 0 aliphatic heterocycles. The molecule has 0 amide bonds. The Bertz CT molecular complexity index is 878. The van der Waals surface area contributed by atoms with Crippen LogP contribution in [0.25, 0.3) is 21.3 Å². The summed E-state index contributed by atoms with van der Waals surface area (Å²) in [6.07, 6.45) is -9.76. The number of anilines is 1. The Kier molecular flexibility index (Phi) is 3.71. The molecule has 2 aromatic carbocycles. The van der Waals surface area contributed by atoms with Crippen LogP contribution < -0.4 is 5.73 Å². The fourth-order valence-electron chi connectivity index (χ4n) is 2.24. The lowest BCUT2D eigenvalue weighted by molar-refractivity contribution is -0.143. The number of aromatic nitrogens is 1. The zero-order valence-electron chi connectivity index (χ0n) is 11.7. The highest BCUT2D eigenvalue weighted by atomic mass is 32.1. The molecule has 1 heterocycles. The summed E-state index contributed by atoms with van der Waals surface area (Å²) in [6, 6.07) is 5.88. The van der Waals surface area contributed by atoms with E-state index in [9.17, 15) is 26.3 Å². The van der Waals surface area contributed by atoms with Gasteiger partial charge in [-0.3, -0.25) is 0 Å². The Morgan fingerprint density at radius 1 is 0.792 bits per heavy atom. The number of benzene rings is 2. The average molecular weight is 362 g/mol. The van der Waals surface area contributed by atoms with Gasteiger partial charge >= 0.3 is 12.4 Å². The largest absolute Gasteiger partial charge is 0.416 e. The van der Waals surface area contributed by atoms with Crippen LogP contribution in [0.2, 0.25) is 0 Å². The van der Waals surface area contributed by atoms with Gasteiger partial charge in [0, 0.05) is 0 Å². The van der Waals surface area contributed by atoms with E-state index in [1.54, 1.807) is 0 Å². The number of halogens is 6. The van der Waals surface area contributed by atoms with Crippen LogP contribution in [0.15, 0.2) is 36.4 Å².